The van der Waals surface area contributed by atoms with Crippen LogP contribution in [0.25, 0.3) is 10.6 Å². The molecule has 0 unspecified atom stereocenters. The average molecular weight is 275 g/mol. The lowest BCUT2D eigenvalue weighted by Crippen LogP contribution is -2.16. The summed E-state index contributed by atoms with van der Waals surface area (Å²) in [5.74, 6) is 0.316. The number of aliphatic hydroxyl groups is 1. The highest BCUT2D eigenvalue weighted by molar-refractivity contribution is 7.15. The largest absolute Gasteiger partial charge is 0.385 e. The molecule has 1 N–H and O–H groups in total. The van der Waals surface area contributed by atoms with Gasteiger partial charge in [0.1, 0.15) is 5.01 Å². The number of aromatic nitrogens is 1. The first-order chi connectivity index (χ1) is 8.79. The molecule has 0 aliphatic carbocycles. The van der Waals surface area contributed by atoms with Gasteiger partial charge >= 0.3 is 0 Å². The van der Waals surface area contributed by atoms with Crippen molar-refractivity contribution in [2.45, 2.75) is 46.1 Å². The Morgan fingerprint density at radius 1 is 1.26 bits per heavy atom. The quantitative estimate of drug-likeness (QED) is 0.896. The summed E-state index contributed by atoms with van der Waals surface area (Å²) in [6.07, 6.45) is 0. The number of benzene rings is 1. The minimum absolute atomic E-state index is 0.316. The predicted molar refractivity (Wildman–Crippen MR) is 81.6 cm³/mol. The second-order valence-corrected chi connectivity index (χ2v) is 6.82. The molecule has 0 radical (unpaired) electrons. The van der Waals surface area contributed by atoms with E-state index in [9.17, 15) is 5.11 Å². The zero-order valence-corrected chi connectivity index (χ0v) is 13.0. The van der Waals surface area contributed by atoms with Crippen molar-refractivity contribution in [3.63, 3.8) is 0 Å². The molecule has 2 aromatic rings. The predicted octanol–water partition coefficient (Wildman–Crippen LogP) is 4.47. The summed E-state index contributed by atoms with van der Waals surface area (Å²) in [4.78, 5) is 5.72. The van der Waals surface area contributed by atoms with E-state index in [4.69, 9.17) is 4.98 Å². The van der Waals surface area contributed by atoms with Crippen molar-refractivity contribution in [1.82, 2.24) is 4.98 Å². The van der Waals surface area contributed by atoms with Gasteiger partial charge in [-0.15, -0.1) is 11.3 Å². The molecule has 1 aromatic carbocycles. The molecular formula is C16H21NOS. The van der Waals surface area contributed by atoms with Crippen molar-refractivity contribution in [2.75, 3.05) is 0 Å². The summed E-state index contributed by atoms with van der Waals surface area (Å²) in [5, 5.41) is 11.3. The molecule has 0 saturated carbocycles. The lowest BCUT2D eigenvalue weighted by molar-refractivity contribution is 0.0811. The van der Waals surface area contributed by atoms with Crippen LogP contribution in [0.2, 0.25) is 0 Å². The van der Waals surface area contributed by atoms with Crippen LogP contribution in [0.15, 0.2) is 24.3 Å². The summed E-state index contributed by atoms with van der Waals surface area (Å²) in [7, 11) is 0. The molecule has 0 fully saturated rings. The molecule has 1 heterocycles. The third-order valence-electron chi connectivity index (χ3n) is 3.02. The zero-order valence-electron chi connectivity index (χ0n) is 12.2. The molecule has 0 amide bonds. The Morgan fingerprint density at radius 3 is 2.42 bits per heavy atom. The zero-order chi connectivity index (χ0) is 14.2. The van der Waals surface area contributed by atoms with Gasteiger partial charge in [0.25, 0.3) is 0 Å². The number of rotatable bonds is 3. The van der Waals surface area contributed by atoms with Gasteiger partial charge in [-0.3, -0.25) is 0 Å². The Bertz CT molecular complexity index is 579. The van der Waals surface area contributed by atoms with Crippen LogP contribution in [0.1, 0.15) is 49.7 Å². The molecule has 3 heteroatoms. The first kappa shape index (κ1) is 14.2. The molecular weight excluding hydrogens is 254 g/mol. The number of nitrogens with zero attached hydrogens (tertiary/aromatic N) is 1. The first-order valence-electron chi connectivity index (χ1n) is 6.59. The van der Waals surface area contributed by atoms with Gasteiger partial charge in [-0.1, -0.05) is 37.6 Å². The highest BCUT2D eigenvalue weighted by atomic mass is 32.1. The van der Waals surface area contributed by atoms with E-state index in [1.54, 1.807) is 11.3 Å². The second-order valence-electron chi connectivity index (χ2n) is 5.82. The Morgan fingerprint density at radius 2 is 1.95 bits per heavy atom. The lowest BCUT2D eigenvalue weighted by atomic mass is 10.0. The van der Waals surface area contributed by atoms with E-state index in [1.165, 1.54) is 5.56 Å². The summed E-state index contributed by atoms with van der Waals surface area (Å²) >= 11 is 1.60. The van der Waals surface area contributed by atoms with Crippen LogP contribution in [-0.2, 0) is 5.60 Å². The summed E-state index contributed by atoms with van der Waals surface area (Å²) < 4.78 is 0. The highest BCUT2D eigenvalue weighted by Gasteiger charge is 2.26. The summed E-state index contributed by atoms with van der Waals surface area (Å²) in [6.45, 7) is 9.96. The van der Waals surface area contributed by atoms with Gasteiger partial charge in [0.15, 0.2) is 0 Å². The standard InChI is InChI=1S/C16H21NOS/c1-10(2)13-14(16(4,5)18)19-15(17-13)12-8-6-7-11(3)9-12/h6-10,18H,1-5H3. The number of hydrogen-bond donors (Lipinski definition) is 1. The van der Waals surface area contributed by atoms with Gasteiger partial charge in [0, 0.05) is 5.56 Å². The molecule has 0 aliphatic rings. The van der Waals surface area contributed by atoms with Crippen LogP contribution in [0.3, 0.4) is 0 Å². The van der Waals surface area contributed by atoms with Crippen molar-refractivity contribution in [3.8, 4) is 10.6 Å². The first-order valence-corrected chi connectivity index (χ1v) is 7.41. The third-order valence-corrected chi connectivity index (χ3v) is 4.45. The van der Waals surface area contributed by atoms with Crippen LogP contribution < -0.4 is 0 Å². The van der Waals surface area contributed by atoms with Crippen LogP contribution >= 0.6 is 11.3 Å². The van der Waals surface area contributed by atoms with E-state index in [2.05, 4.69) is 39.0 Å². The fourth-order valence-corrected chi connectivity index (χ4v) is 3.28. The van der Waals surface area contributed by atoms with E-state index in [1.807, 2.05) is 19.9 Å². The smallest absolute Gasteiger partial charge is 0.123 e. The van der Waals surface area contributed by atoms with E-state index < -0.39 is 5.60 Å². The van der Waals surface area contributed by atoms with Gasteiger partial charge in [-0.05, 0) is 32.8 Å². The van der Waals surface area contributed by atoms with Gasteiger partial charge in [0.2, 0.25) is 0 Å². The topological polar surface area (TPSA) is 33.1 Å². The minimum atomic E-state index is -0.834. The van der Waals surface area contributed by atoms with Crippen LogP contribution in [0.5, 0.6) is 0 Å². The fourth-order valence-electron chi connectivity index (χ4n) is 2.06. The van der Waals surface area contributed by atoms with E-state index in [0.29, 0.717) is 5.92 Å². The van der Waals surface area contributed by atoms with Crippen molar-refractivity contribution >= 4 is 11.3 Å². The molecule has 0 saturated heterocycles. The molecule has 1 aromatic heterocycles. The molecule has 0 bridgehead atoms. The van der Waals surface area contributed by atoms with Crippen molar-refractivity contribution in [2.24, 2.45) is 0 Å². The fraction of sp³-hybridized carbons (Fsp3) is 0.438. The van der Waals surface area contributed by atoms with Crippen LogP contribution in [-0.4, -0.2) is 10.1 Å². The number of thiazole rings is 1. The Hall–Kier alpha value is -1.19. The monoisotopic (exact) mass is 275 g/mol. The number of hydrogen-bond acceptors (Lipinski definition) is 3. The average Bonchev–Trinajstić information content (AvgIpc) is 2.73. The Kier molecular flexibility index (Phi) is 3.79. The van der Waals surface area contributed by atoms with Crippen molar-refractivity contribution < 1.29 is 5.11 Å². The molecule has 102 valence electrons. The normalized spacial score (nSPS) is 12.2. The Labute approximate surface area is 119 Å². The SMILES string of the molecule is Cc1cccc(-c2nc(C(C)C)c(C(C)(C)O)s2)c1. The second kappa shape index (κ2) is 5.06. The molecule has 0 aliphatic heterocycles. The highest BCUT2D eigenvalue weighted by Crippen LogP contribution is 2.37. The maximum atomic E-state index is 10.3. The van der Waals surface area contributed by atoms with E-state index in [-0.39, 0.29) is 0 Å². The Balaban J connectivity index is 2.55. The molecule has 0 atom stereocenters. The van der Waals surface area contributed by atoms with E-state index in [0.717, 1.165) is 21.1 Å². The molecule has 2 rings (SSSR count). The van der Waals surface area contributed by atoms with Gasteiger partial charge in [-0.2, -0.15) is 0 Å². The van der Waals surface area contributed by atoms with E-state index >= 15 is 0 Å². The van der Waals surface area contributed by atoms with Crippen molar-refractivity contribution in [3.05, 3.63) is 40.4 Å². The van der Waals surface area contributed by atoms with Crippen LogP contribution in [0.4, 0.5) is 0 Å². The maximum absolute atomic E-state index is 10.3. The van der Waals surface area contributed by atoms with Crippen molar-refractivity contribution in [1.29, 1.82) is 0 Å². The molecule has 0 spiro atoms. The molecule has 2 nitrogen and oxygen atoms in total. The number of aryl methyl sites for hydroxylation is 1. The van der Waals surface area contributed by atoms with Crippen LogP contribution in [0, 0.1) is 6.92 Å². The maximum Gasteiger partial charge on any atom is 0.123 e. The van der Waals surface area contributed by atoms with Gasteiger partial charge in [0.05, 0.1) is 16.2 Å². The van der Waals surface area contributed by atoms with Gasteiger partial charge < -0.3 is 5.11 Å². The molecule has 19 heavy (non-hydrogen) atoms. The minimum Gasteiger partial charge on any atom is -0.385 e. The van der Waals surface area contributed by atoms with Gasteiger partial charge in [-0.25, -0.2) is 4.98 Å². The summed E-state index contributed by atoms with van der Waals surface area (Å²) in [6, 6.07) is 8.34. The third kappa shape index (κ3) is 3.04. The lowest BCUT2D eigenvalue weighted by Gasteiger charge is -2.17. The summed E-state index contributed by atoms with van der Waals surface area (Å²) in [5.41, 5.74) is 2.53.